The molecule has 198 valence electrons. The number of nitrogens with one attached hydrogen (secondary N) is 3. The molecule has 17 heteroatoms. The Labute approximate surface area is 220 Å². The van der Waals surface area contributed by atoms with Gasteiger partial charge in [-0.05, 0) is 40.6 Å². The summed E-state index contributed by atoms with van der Waals surface area (Å²) in [6.07, 6.45) is -1.44. The van der Waals surface area contributed by atoms with Crippen molar-refractivity contribution in [2.75, 3.05) is 11.9 Å². The lowest BCUT2D eigenvalue weighted by Crippen LogP contribution is -2.23. The van der Waals surface area contributed by atoms with Crippen molar-refractivity contribution in [2.45, 2.75) is 19.3 Å². The molecule has 1 amide bonds. The zero-order chi connectivity index (χ0) is 27.1. The van der Waals surface area contributed by atoms with Gasteiger partial charge in [0, 0.05) is 17.2 Å². The average Bonchev–Trinajstić information content (AvgIpc) is 3.55. The Morgan fingerprint density at radius 1 is 1.21 bits per heavy atom. The zero-order valence-corrected chi connectivity index (χ0v) is 20.7. The molecular weight excluding hydrogens is 577 g/mol. The number of pyridine rings is 1. The van der Waals surface area contributed by atoms with E-state index in [1.807, 2.05) is 0 Å². The SMILES string of the molecule is O=C(NCc1cn(CCNc2nonc2C(=Nc2cc(Br)cc(C(F)(F)F)c2)NO)nn1)c1ccccn1. The Bertz CT molecular complexity index is 1430. The summed E-state index contributed by atoms with van der Waals surface area (Å²) in [4.78, 5) is 20.1. The molecule has 0 atom stereocenters. The molecule has 0 fully saturated rings. The van der Waals surface area contributed by atoms with Crippen molar-refractivity contribution in [1.29, 1.82) is 0 Å². The molecule has 13 nitrogen and oxygen atoms in total. The van der Waals surface area contributed by atoms with Gasteiger partial charge in [-0.3, -0.25) is 25.1 Å². The minimum Gasteiger partial charge on any atom is -0.363 e. The number of hydrogen-bond acceptors (Lipinski definition) is 10. The van der Waals surface area contributed by atoms with Crippen LogP contribution < -0.4 is 16.1 Å². The van der Waals surface area contributed by atoms with Crippen LogP contribution in [-0.4, -0.2) is 53.8 Å². The van der Waals surface area contributed by atoms with Gasteiger partial charge in [-0.15, -0.1) is 5.10 Å². The molecule has 1 aromatic carbocycles. The van der Waals surface area contributed by atoms with E-state index in [0.717, 1.165) is 12.1 Å². The number of anilines is 1. The fourth-order valence-electron chi connectivity index (χ4n) is 3.10. The third kappa shape index (κ3) is 6.88. The summed E-state index contributed by atoms with van der Waals surface area (Å²) < 4.78 is 45.7. The van der Waals surface area contributed by atoms with Crippen LogP contribution in [0.25, 0.3) is 0 Å². The van der Waals surface area contributed by atoms with Crippen molar-refractivity contribution in [3.8, 4) is 0 Å². The van der Waals surface area contributed by atoms with E-state index in [-0.39, 0.29) is 52.2 Å². The van der Waals surface area contributed by atoms with Crippen LogP contribution in [0.1, 0.15) is 27.4 Å². The van der Waals surface area contributed by atoms with Crippen molar-refractivity contribution in [3.63, 3.8) is 0 Å². The number of alkyl halides is 3. The number of amides is 1. The number of carbonyl (C=O) groups is 1. The van der Waals surface area contributed by atoms with E-state index < -0.39 is 11.7 Å². The minimum absolute atomic E-state index is 0.0688. The molecule has 0 unspecified atom stereocenters. The maximum atomic E-state index is 13.1. The molecule has 3 aromatic heterocycles. The van der Waals surface area contributed by atoms with Crippen LogP contribution in [0.2, 0.25) is 0 Å². The van der Waals surface area contributed by atoms with Gasteiger partial charge in [0.2, 0.25) is 5.82 Å². The predicted molar refractivity (Wildman–Crippen MR) is 128 cm³/mol. The number of benzene rings is 1. The topological polar surface area (TPSA) is 168 Å². The molecule has 0 aliphatic rings. The van der Waals surface area contributed by atoms with Crippen molar-refractivity contribution in [3.05, 3.63) is 75.9 Å². The smallest absolute Gasteiger partial charge is 0.363 e. The van der Waals surface area contributed by atoms with Crippen LogP contribution in [-0.2, 0) is 19.3 Å². The highest BCUT2D eigenvalue weighted by atomic mass is 79.9. The zero-order valence-electron chi connectivity index (χ0n) is 19.1. The van der Waals surface area contributed by atoms with Crippen molar-refractivity contribution >= 4 is 39.2 Å². The molecule has 4 rings (SSSR count). The predicted octanol–water partition coefficient (Wildman–Crippen LogP) is 2.94. The maximum Gasteiger partial charge on any atom is 0.416 e. The summed E-state index contributed by atoms with van der Waals surface area (Å²) in [5.41, 5.74) is 1.49. The first-order chi connectivity index (χ1) is 18.2. The number of carbonyl (C=O) groups excluding carboxylic acids is 1. The largest absolute Gasteiger partial charge is 0.416 e. The van der Waals surface area contributed by atoms with E-state index >= 15 is 0 Å². The third-order valence-corrected chi connectivity index (χ3v) is 5.27. The summed E-state index contributed by atoms with van der Waals surface area (Å²) in [6, 6.07) is 8.04. The molecule has 3 heterocycles. The number of aromatic nitrogens is 6. The third-order valence-electron chi connectivity index (χ3n) is 4.82. The van der Waals surface area contributed by atoms with E-state index in [9.17, 15) is 23.2 Å². The van der Waals surface area contributed by atoms with Crippen molar-refractivity contribution in [2.24, 2.45) is 4.99 Å². The molecule has 38 heavy (non-hydrogen) atoms. The second-order valence-corrected chi connectivity index (χ2v) is 8.44. The van der Waals surface area contributed by atoms with Crippen LogP contribution in [0.3, 0.4) is 0 Å². The second-order valence-electron chi connectivity index (χ2n) is 7.53. The molecule has 0 saturated heterocycles. The highest BCUT2D eigenvalue weighted by Gasteiger charge is 2.31. The van der Waals surface area contributed by atoms with E-state index in [0.29, 0.717) is 12.2 Å². The van der Waals surface area contributed by atoms with Gasteiger partial charge in [-0.2, -0.15) is 13.2 Å². The first kappa shape index (κ1) is 26.7. The summed E-state index contributed by atoms with van der Waals surface area (Å²) in [6.45, 7) is 0.707. The lowest BCUT2D eigenvalue weighted by molar-refractivity contribution is -0.137. The van der Waals surface area contributed by atoms with Gasteiger partial charge in [-0.1, -0.05) is 27.2 Å². The van der Waals surface area contributed by atoms with Gasteiger partial charge in [0.1, 0.15) is 11.4 Å². The maximum absolute atomic E-state index is 13.1. The molecule has 0 saturated carbocycles. The Balaban J connectivity index is 1.36. The summed E-state index contributed by atoms with van der Waals surface area (Å²) in [7, 11) is 0. The Kier molecular flexibility index (Phi) is 8.27. The number of hydrogen-bond donors (Lipinski definition) is 4. The molecule has 0 spiro atoms. The van der Waals surface area contributed by atoms with Gasteiger partial charge < -0.3 is 10.6 Å². The number of hydroxylamine groups is 1. The summed E-state index contributed by atoms with van der Waals surface area (Å²) in [5.74, 6) is -0.578. The van der Waals surface area contributed by atoms with Crippen LogP contribution >= 0.6 is 15.9 Å². The van der Waals surface area contributed by atoms with Crippen LogP contribution in [0.5, 0.6) is 0 Å². The van der Waals surface area contributed by atoms with E-state index in [2.05, 4.69) is 57.2 Å². The Hall–Kier alpha value is -4.38. The van der Waals surface area contributed by atoms with Crippen LogP contribution in [0, 0.1) is 0 Å². The highest BCUT2D eigenvalue weighted by Crippen LogP contribution is 2.34. The van der Waals surface area contributed by atoms with Crippen molar-refractivity contribution < 1.29 is 27.8 Å². The lowest BCUT2D eigenvalue weighted by atomic mass is 10.2. The lowest BCUT2D eigenvalue weighted by Gasteiger charge is -2.09. The quantitative estimate of drug-likeness (QED) is 0.128. The number of nitrogens with zero attached hydrogens (tertiary/aromatic N) is 7. The fraction of sp³-hybridized carbons (Fsp3) is 0.190. The van der Waals surface area contributed by atoms with Gasteiger partial charge in [-0.25, -0.2) is 9.62 Å². The molecule has 0 radical (unpaired) electrons. The average molecular weight is 595 g/mol. The van der Waals surface area contributed by atoms with Crippen molar-refractivity contribution in [1.82, 2.24) is 41.1 Å². The fourth-order valence-corrected chi connectivity index (χ4v) is 3.58. The molecule has 0 aliphatic heterocycles. The number of aliphatic imine (C=N–C) groups is 1. The summed E-state index contributed by atoms with van der Waals surface area (Å²) in [5, 5.41) is 30.5. The van der Waals surface area contributed by atoms with Gasteiger partial charge in [0.05, 0.1) is 30.5 Å². The van der Waals surface area contributed by atoms with E-state index in [1.54, 1.807) is 29.9 Å². The molecule has 4 aromatic rings. The van der Waals surface area contributed by atoms with Crippen LogP contribution in [0.4, 0.5) is 24.7 Å². The van der Waals surface area contributed by atoms with Crippen LogP contribution in [0.15, 0.2) is 62.9 Å². The van der Waals surface area contributed by atoms with E-state index in [4.69, 9.17) is 4.63 Å². The first-order valence-corrected chi connectivity index (χ1v) is 11.5. The number of amidine groups is 1. The summed E-state index contributed by atoms with van der Waals surface area (Å²) >= 11 is 3.02. The standard InChI is InChI=1S/C21H18BrF3N10O3/c22-13-7-12(21(23,24)25)8-14(9-13)29-19(31-37)17-18(33-38-32-17)27-5-6-35-11-15(30-34-35)10-28-20(36)16-3-1-2-4-26-16/h1-4,7-9,11,37H,5-6,10H2,(H,27,33)(H,28,36)(H,29,31). The number of rotatable bonds is 9. The Morgan fingerprint density at radius 2 is 2.05 bits per heavy atom. The normalized spacial score (nSPS) is 11.9. The molecule has 0 aliphatic carbocycles. The Morgan fingerprint density at radius 3 is 2.79 bits per heavy atom. The molecule has 0 bridgehead atoms. The monoisotopic (exact) mass is 594 g/mol. The second kappa shape index (κ2) is 11.8. The van der Waals surface area contributed by atoms with E-state index in [1.165, 1.54) is 16.9 Å². The molecular formula is C21H18BrF3N10O3. The van der Waals surface area contributed by atoms with Gasteiger partial charge in [0.15, 0.2) is 11.5 Å². The van der Waals surface area contributed by atoms with Gasteiger partial charge in [0.25, 0.3) is 5.91 Å². The van der Waals surface area contributed by atoms with Gasteiger partial charge >= 0.3 is 6.18 Å². The number of halogens is 4. The molecule has 4 N–H and O–H groups in total. The first-order valence-electron chi connectivity index (χ1n) is 10.7. The highest BCUT2D eigenvalue weighted by molar-refractivity contribution is 9.10. The minimum atomic E-state index is -4.59.